The van der Waals surface area contributed by atoms with Crippen LogP contribution in [0.3, 0.4) is 0 Å². The molecule has 7 nitrogen and oxygen atoms in total. The maximum absolute atomic E-state index is 12.0. The predicted octanol–water partition coefficient (Wildman–Crippen LogP) is -0.653. The normalized spacial score (nSPS) is 19.8. The molecule has 0 aromatic heterocycles. The molecule has 1 aliphatic carbocycles. The van der Waals surface area contributed by atoms with E-state index in [4.69, 9.17) is 0 Å². The molecule has 1 N–H and O–H groups in total. The first-order chi connectivity index (χ1) is 10.0. The van der Waals surface area contributed by atoms with Crippen molar-refractivity contribution in [2.75, 3.05) is 46.8 Å². The molecule has 0 spiro atoms. The minimum absolute atomic E-state index is 0.0383. The van der Waals surface area contributed by atoms with Gasteiger partial charge in [0.25, 0.3) is 0 Å². The Morgan fingerprint density at radius 1 is 1.38 bits per heavy atom. The average Bonchev–Trinajstić information content (AvgIpc) is 3.26. The lowest BCUT2D eigenvalue weighted by molar-refractivity contribution is -0.134. The minimum Gasteiger partial charge on any atom is -0.353 e. The average molecular weight is 295 g/mol. The Hall–Kier alpha value is -1.79. The third-order valence-electron chi connectivity index (χ3n) is 3.77. The standard InChI is InChI=1S/C14H25N5O2/c1-4-18-7-8-19(10-13(18)21)14(16-11-5-6-11)15-9-12(20)17(2)3/h11H,4-10H2,1-3H3,(H,15,16). The van der Waals surface area contributed by atoms with Gasteiger partial charge in [-0.15, -0.1) is 0 Å². The van der Waals surface area contributed by atoms with Crippen LogP contribution in [0.25, 0.3) is 0 Å². The summed E-state index contributed by atoms with van der Waals surface area (Å²) < 4.78 is 0. The quantitative estimate of drug-likeness (QED) is 0.553. The second-order valence-corrected chi connectivity index (χ2v) is 5.74. The number of piperazine rings is 1. The van der Waals surface area contributed by atoms with E-state index in [1.807, 2.05) is 16.7 Å². The first-order valence-corrected chi connectivity index (χ1v) is 7.55. The summed E-state index contributed by atoms with van der Waals surface area (Å²) in [5.41, 5.74) is 0. The smallest absolute Gasteiger partial charge is 0.243 e. The molecular formula is C14H25N5O2. The number of guanidine groups is 1. The van der Waals surface area contributed by atoms with Crippen LogP contribution < -0.4 is 5.32 Å². The van der Waals surface area contributed by atoms with Gasteiger partial charge in [-0.05, 0) is 19.8 Å². The SMILES string of the molecule is CCN1CCN(C(=NCC(=O)N(C)C)NC2CC2)CC1=O. The number of carbonyl (C=O) groups excluding carboxylic acids is 2. The number of rotatable bonds is 4. The third kappa shape index (κ3) is 4.34. The van der Waals surface area contributed by atoms with Crippen LogP contribution in [0, 0.1) is 0 Å². The van der Waals surface area contributed by atoms with Crippen LogP contribution in [0.5, 0.6) is 0 Å². The van der Waals surface area contributed by atoms with E-state index in [9.17, 15) is 9.59 Å². The monoisotopic (exact) mass is 295 g/mol. The Balaban J connectivity index is 2.00. The summed E-state index contributed by atoms with van der Waals surface area (Å²) >= 11 is 0. The summed E-state index contributed by atoms with van der Waals surface area (Å²) in [6.07, 6.45) is 2.26. The van der Waals surface area contributed by atoms with E-state index in [0.717, 1.165) is 25.9 Å². The number of hydrogen-bond donors (Lipinski definition) is 1. The lowest BCUT2D eigenvalue weighted by Crippen LogP contribution is -2.55. The van der Waals surface area contributed by atoms with Gasteiger partial charge in [-0.1, -0.05) is 0 Å². The van der Waals surface area contributed by atoms with Crippen LogP contribution >= 0.6 is 0 Å². The topological polar surface area (TPSA) is 68.2 Å². The van der Waals surface area contributed by atoms with Gasteiger partial charge in [-0.3, -0.25) is 9.59 Å². The molecule has 2 rings (SSSR count). The number of carbonyl (C=O) groups is 2. The summed E-state index contributed by atoms with van der Waals surface area (Å²) in [6.45, 7) is 4.65. The van der Waals surface area contributed by atoms with Crippen LogP contribution in [0.4, 0.5) is 0 Å². The molecule has 1 heterocycles. The second-order valence-electron chi connectivity index (χ2n) is 5.74. The molecule has 118 valence electrons. The molecule has 0 atom stereocenters. The van der Waals surface area contributed by atoms with Crippen LogP contribution in [0.2, 0.25) is 0 Å². The van der Waals surface area contributed by atoms with E-state index in [0.29, 0.717) is 25.1 Å². The van der Waals surface area contributed by atoms with Gasteiger partial charge in [-0.2, -0.15) is 0 Å². The summed E-state index contributed by atoms with van der Waals surface area (Å²) in [5.74, 6) is 0.772. The van der Waals surface area contributed by atoms with Gasteiger partial charge in [0.05, 0.1) is 6.54 Å². The molecule has 0 aromatic rings. The van der Waals surface area contributed by atoms with Gasteiger partial charge in [0, 0.05) is 39.8 Å². The summed E-state index contributed by atoms with van der Waals surface area (Å²) in [4.78, 5) is 33.4. The molecule has 2 amide bonds. The highest BCUT2D eigenvalue weighted by Crippen LogP contribution is 2.19. The summed E-state index contributed by atoms with van der Waals surface area (Å²) in [7, 11) is 3.44. The Morgan fingerprint density at radius 3 is 2.62 bits per heavy atom. The van der Waals surface area contributed by atoms with E-state index in [2.05, 4.69) is 10.3 Å². The number of hydrogen-bond acceptors (Lipinski definition) is 3. The highest BCUT2D eigenvalue weighted by molar-refractivity contribution is 5.89. The van der Waals surface area contributed by atoms with E-state index < -0.39 is 0 Å². The zero-order chi connectivity index (χ0) is 15.4. The van der Waals surface area contributed by atoms with Crippen molar-refractivity contribution in [3.05, 3.63) is 0 Å². The maximum Gasteiger partial charge on any atom is 0.243 e. The van der Waals surface area contributed by atoms with Crippen molar-refractivity contribution >= 4 is 17.8 Å². The lowest BCUT2D eigenvalue weighted by atomic mass is 10.3. The minimum atomic E-state index is -0.0383. The predicted molar refractivity (Wildman–Crippen MR) is 81.0 cm³/mol. The number of aliphatic imine (C=N–C) groups is 1. The number of likely N-dealkylation sites (N-methyl/N-ethyl adjacent to an activating group) is 2. The molecule has 2 aliphatic rings. The van der Waals surface area contributed by atoms with Crippen molar-refractivity contribution in [1.82, 2.24) is 20.0 Å². The molecule has 0 unspecified atom stereocenters. The fourth-order valence-corrected chi connectivity index (χ4v) is 2.15. The zero-order valence-electron chi connectivity index (χ0n) is 13.1. The zero-order valence-corrected chi connectivity index (χ0v) is 13.1. The molecule has 7 heteroatoms. The Bertz CT molecular complexity index is 431. The molecule has 1 aliphatic heterocycles. The molecule has 1 saturated heterocycles. The van der Waals surface area contributed by atoms with Crippen molar-refractivity contribution in [2.24, 2.45) is 4.99 Å². The maximum atomic E-state index is 12.0. The van der Waals surface area contributed by atoms with E-state index in [-0.39, 0.29) is 18.4 Å². The van der Waals surface area contributed by atoms with Crippen LogP contribution in [-0.4, -0.2) is 85.3 Å². The Labute approximate surface area is 126 Å². The first kappa shape index (κ1) is 15.6. The van der Waals surface area contributed by atoms with Crippen molar-refractivity contribution in [1.29, 1.82) is 0 Å². The number of amides is 2. The van der Waals surface area contributed by atoms with Gasteiger partial charge in [0.15, 0.2) is 5.96 Å². The van der Waals surface area contributed by atoms with E-state index >= 15 is 0 Å². The van der Waals surface area contributed by atoms with Gasteiger partial charge < -0.3 is 20.0 Å². The molecule has 0 radical (unpaired) electrons. The van der Waals surface area contributed by atoms with Crippen LogP contribution in [0.15, 0.2) is 4.99 Å². The Morgan fingerprint density at radius 2 is 2.10 bits per heavy atom. The van der Waals surface area contributed by atoms with Gasteiger partial charge in [-0.25, -0.2) is 4.99 Å². The van der Waals surface area contributed by atoms with Gasteiger partial charge in [0.2, 0.25) is 11.8 Å². The van der Waals surface area contributed by atoms with Gasteiger partial charge >= 0.3 is 0 Å². The largest absolute Gasteiger partial charge is 0.353 e. The van der Waals surface area contributed by atoms with Crippen molar-refractivity contribution in [2.45, 2.75) is 25.8 Å². The molecule has 0 bridgehead atoms. The molecular weight excluding hydrogens is 270 g/mol. The van der Waals surface area contributed by atoms with Crippen molar-refractivity contribution < 1.29 is 9.59 Å². The third-order valence-corrected chi connectivity index (χ3v) is 3.77. The fraction of sp³-hybridized carbons (Fsp3) is 0.786. The second kappa shape index (κ2) is 6.78. The molecule has 1 saturated carbocycles. The number of nitrogens with one attached hydrogen (secondary N) is 1. The van der Waals surface area contributed by atoms with Crippen LogP contribution in [-0.2, 0) is 9.59 Å². The lowest BCUT2D eigenvalue weighted by Gasteiger charge is -2.35. The Kier molecular flexibility index (Phi) is 5.03. The van der Waals surface area contributed by atoms with Crippen molar-refractivity contribution in [3.63, 3.8) is 0 Å². The van der Waals surface area contributed by atoms with E-state index in [1.165, 1.54) is 4.90 Å². The molecule has 2 fully saturated rings. The highest BCUT2D eigenvalue weighted by Gasteiger charge is 2.29. The molecule has 21 heavy (non-hydrogen) atoms. The van der Waals surface area contributed by atoms with Crippen molar-refractivity contribution in [3.8, 4) is 0 Å². The first-order valence-electron chi connectivity index (χ1n) is 7.55. The fourth-order valence-electron chi connectivity index (χ4n) is 2.15. The van der Waals surface area contributed by atoms with Crippen LogP contribution in [0.1, 0.15) is 19.8 Å². The molecule has 0 aromatic carbocycles. The van der Waals surface area contributed by atoms with E-state index in [1.54, 1.807) is 14.1 Å². The highest BCUT2D eigenvalue weighted by atomic mass is 16.2. The van der Waals surface area contributed by atoms with Gasteiger partial charge in [0.1, 0.15) is 6.54 Å². The number of nitrogens with zero attached hydrogens (tertiary/aromatic N) is 4. The summed E-state index contributed by atoms with van der Waals surface area (Å²) in [5, 5.41) is 3.34. The summed E-state index contributed by atoms with van der Waals surface area (Å²) in [6, 6.07) is 0.442.